The van der Waals surface area contributed by atoms with E-state index in [9.17, 15) is 19.5 Å². The summed E-state index contributed by atoms with van der Waals surface area (Å²) in [5.41, 5.74) is 0. The third-order valence-corrected chi connectivity index (χ3v) is 9.27. The number of thioether (sulfide) groups is 1. The zero-order valence-electron chi connectivity index (χ0n) is 16.5. The fraction of sp³-hybridized carbons (Fsp3) is 0.842. The maximum absolute atomic E-state index is 13.3. The van der Waals surface area contributed by atoms with Crippen LogP contribution < -0.4 is 5.32 Å². The molecule has 1 spiro atoms. The minimum Gasteiger partial charge on any atom is -0.466 e. The number of halogens is 1. The number of alkyl halides is 1. The van der Waals surface area contributed by atoms with Gasteiger partial charge in [0.25, 0.3) is 0 Å². The lowest BCUT2D eigenvalue weighted by atomic mass is 9.71. The van der Waals surface area contributed by atoms with Crippen LogP contribution in [0, 0.1) is 11.8 Å². The molecule has 3 saturated heterocycles. The van der Waals surface area contributed by atoms with E-state index in [2.05, 4.69) is 28.2 Å². The van der Waals surface area contributed by atoms with Crippen LogP contribution in [0.15, 0.2) is 0 Å². The summed E-state index contributed by atoms with van der Waals surface area (Å²) in [6.07, 6.45) is 2.44. The molecule has 0 aromatic rings. The topological polar surface area (TPSA) is 95.9 Å². The fourth-order valence-corrected chi connectivity index (χ4v) is 8.71. The van der Waals surface area contributed by atoms with Gasteiger partial charge >= 0.3 is 5.97 Å². The molecule has 2 bridgehead atoms. The Kier molecular flexibility index (Phi) is 6.66. The lowest BCUT2D eigenvalue weighted by Crippen LogP contribution is -2.56. The van der Waals surface area contributed by atoms with Crippen LogP contribution in [0.5, 0.6) is 0 Å². The van der Waals surface area contributed by atoms with Crippen LogP contribution in [0.2, 0.25) is 0 Å². The largest absolute Gasteiger partial charge is 0.466 e. The van der Waals surface area contributed by atoms with Gasteiger partial charge in [0.15, 0.2) is 0 Å². The van der Waals surface area contributed by atoms with Crippen LogP contribution >= 0.6 is 27.7 Å². The second kappa shape index (κ2) is 8.52. The molecule has 3 fully saturated rings. The van der Waals surface area contributed by atoms with Crippen molar-refractivity contribution in [3.63, 3.8) is 0 Å². The van der Waals surface area contributed by atoms with Crippen molar-refractivity contribution in [1.29, 1.82) is 0 Å². The van der Waals surface area contributed by atoms with Gasteiger partial charge in [0.05, 0.1) is 29.8 Å². The number of hydrogen-bond donors (Lipinski definition) is 2. The number of amides is 2. The summed E-state index contributed by atoms with van der Waals surface area (Å²) in [7, 11) is 0. The quantitative estimate of drug-likeness (QED) is 0.405. The summed E-state index contributed by atoms with van der Waals surface area (Å²) < 4.78 is 4.61. The molecular formula is C19H29BrN2O5S. The van der Waals surface area contributed by atoms with E-state index in [1.807, 2.05) is 6.92 Å². The number of aliphatic hydroxyl groups excluding tert-OH is 1. The molecule has 7 atom stereocenters. The van der Waals surface area contributed by atoms with Crippen molar-refractivity contribution in [1.82, 2.24) is 10.2 Å². The van der Waals surface area contributed by atoms with Gasteiger partial charge in [0.2, 0.25) is 11.8 Å². The number of carbonyl (C=O) groups excluding carboxylic acids is 3. The van der Waals surface area contributed by atoms with Crippen molar-refractivity contribution in [3.8, 4) is 0 Å². The molecule has 0 saturated carbocycles. The normalized spacial score (nSPS) is 37.1. The summed E-state index contributed by atoms with van der Waals surface area (Å²) in [6, 6.07) is -0.686. The van der Waals surface area contributed by atoms with Crippen LogP contribution in [-0.4, -0.2) is 74.5 Å². The maximum atomic E-state index is 13.3. The number of nitrogens with one attached hydrogen (secondary N) is 1. The highest BCUT2D eigenvalue weighted by Crippen LogP contribution is 2.67. The smallest absolute Gasteiger partial charge is 0.310 e. The van der Waals surface area contributed by atoms with Crippen molar-refractivity contribution in [2.24, 2.45) is 11.8 Å². The molecule has 9 heteroatoms. The van der Waals surface area contributed by atoms with Crippen LogP contribution in [0.1, 0.15) is 40.0 Å². The van der Waals surface area contributed by atoms with Crippen molar-refractivity contribution in [2.45, 2.75) is 66.9 Å². The van der Waals surface area contributed by atoms with Crippen molar-refractivity contribution >= 4 is 45.5 Å². The number of hydrogen-bond acceptors (Lipinski definition) is 6. The molecule has 0 aromatic carbocycles. The number of carbonyl (C=O) groups is 3. The first-order valence-corrected chi connectivity index (χ1v) is 11.8. The summed E-state index contributed by atoms with van der Waals surface area (Å²) >= 11 is 5.26. The van der Waals surface area contributed by atoms with Gasteiger partial charge in [0.1, 0.15) is 6.04 Å². The molecule has 3 rings (SSSR count). The molecule has 2 N–H and O–H groups in total. The Morgan fingerprint density at radius 2 is 2.18 bits per heavy atom. The Bertz CT molecular complexity index is 650. The van der Waals surface area contributed by atoms with Crippen LogP contribution in [0.3, 0.4) is 0 Å². The van der Waals surface area contributed by atoms with E-state index in [0.717, 1.165) is 12.8 Å². The minimum absolute atomic E-state index is 0.00301. The highest BCUT2D eigenvalue weighted by atomic mass is 79.9. The first kappa shape index (κ1) is 21.9. The van der Waals surface area contributed by atoms with E-state index in [1.54, 1.807) is 18.7 Å². The van der Waals surface area contributed by atoms with Gasteiger partial charge in [-0.1, -0.05) is 29.3 Å². The highest BCUT2D eigenvalue weighted by molar-refractivity contribution is 9.09. The number of ether oxygens (including phenoxy) is 1. The van der Waals surface area contributed by atoms with Crippen molar-refractivity contribution < 1.29 is 24.2 Å². The summed E-state index contributed by atoms with van der Waals surface area (Å²) in [5, 5.41) is 12.5. The Morgan fingerprint density at radius 3 is 2.79 bits per heavy atom. The van der Waals surface area contributed by atoms with Crippen LogP contribution in [0.25, 0.3) is 0 Å². The number of fused-ring (bicyclic) bond motifs is 1. The average molecular weight is 477 g/mol. The Morgan fingerprint density at radius 1 is 1.46 bits per heavy atom. The number of likely N-dealkylation sites (tertiary alicyclic amines) is 1. The molecule has 0 aliphatic carbocycles. The number of aliphatic hydroxyl groups is 1. The highest BCUT2D eigenvalue weighted by Gasteiger charge is 2.75. The molecule has 0 aromatic heterocycles. The third kappa shape index (κ3) is 3.37. The van der Waals surface area contributed by atoms with E-state index in [-0.39, 0.29) is 53.7 Å². The van der Waals surface area contributed by atoms with E-state index < -0.39 is 22.6 Å². The lowest BCUT2D eigenvalue weighted by molar-refractivity contribution is -0.153. The molecule has 3 heterocycles. The van der Waals surface area contributed by atoms with Crippen LogP contribution in [-0.2, 0) is 19.1 Å². The number of rotatable bonds is 8. The third-order valence-electron chi connectivity index (χ3n) is 6.05. The van der Waals surface area contributed by atoms with Gasteiger partial charge < -0.3 is 20.1 Å². The predicted molar refractivity (Wildman–Crippen MR) is 110 cm³/mol. The van der Waals surface area contributed by atoms with Crippen molar-refractivity contribution in [3.05, 3.63) is 0 Å². The zero-order chi connectivity index (χ0) is 20.6. The van der Waals surface area contributed by atoms with Gasteiger partial charge in [0, 0.05) is 22.7 Å². The summed E-state index contributed by atoms with van der Waals surface area (Å²) in [5.74, 6) is -1.93. The molecule has 3 aliphatic heterocycles. The van der Waals surface area contributed by atoms with Crippen molar-refractivity contribution in [2.75, 3.05) is 19.8 Å². The van der Waals surface area contributed by atoms with Gasteiger partial charge in [-0.15, -0.1) is 11.8 Å². The van der Waals surface area contributed by atoms with E-state index in [0.29, 0.717) is 6.42 Å². The minimum atomic E-state index is -0.689. The Labute approximate surface area is 178 Å². The van der Waals surface area contributed by atoms with Gasteiger partial charge in [-0.3, -0.25) is 14.4 Å². The fourth-order valence-electron chi connectivity index (χ4n) is 5.11. The number of nitrogens with zero attached hydrogens (tertiary/aromatic N) is 1. The molecule has 2 amide bonds. The van der Waals surface area contributed by atoms with Gasteiger partial charge in [-0.2, -0.15) is 0 Å². The predicted octanol–water partition coefficient (Wildman–Crippen LogP) is 1.31. The first-order valence-electron chi connectivity index (χ1n) is 10.0. The average Bonchev–Trinajstić information content (AvgIpc) is 3.20. The Balaban J connectivity index is 1.96. The molecule has 0 radical (unpaired) electrons. The second-order valence-electron chi connectivity index (χ2n) is 7.87. The van der Waals surface area contributed by atoms with E-state index in [1.165, 1.54) is 4.90 Å². The molecular weight excluding hydrogens is 448 g/mol. The van der Waals surface area contributed by atoms with Crippen LogP contribution in [0.4, 0.5) is 0 Å². The SMILES string of the molecule is CCCC(C)NC(=O)C1N(CCO)C(=O)[C@@H]2[C@H](C(=O)OCC)[C@H]3SC12CC3Br. The number of esters is 1. The Hall–Kier alpha value is -0.800. The standard InChI is InChI=1S/C19H29BrN2O5S/c1-4-6-10(3)21-16(24)15-19-9-11(20)14(28-19)12(18(26)27-5-2)13(19)17(25)22(15)7-8-23/h10-15,23H,4-9H2,1-3H3,(H,21,24)/t10?,11?,12-,13-,14-,15?,19?/m0/s1. The molecule has 158 valence electrons. The number of β-amino-alcohol motifs (C(OH)–C–C–N with tert-alkyl or cyclic N) is 1. The lowest BCUT2D eigenvalue weighted by Gasteiger charge is -2.35. The maximum Gasteiger partial charge on any atom is 0.310 e. The van der Waals surface area contributed by atoms with Gasteiger partial charge in [-0.25, -0.2) is 0 Å². The van der Waals surface area contributed by atoms with Gasteiger partial charge in [-0.05, 0) is 26.7 Å². The summed E-state index contributed by atoms with van der Waals surface area (Å²) in [6.45, 7) is 5.88. The molecule has 4 unspecified atom stereocenters. The first-order chi connectivity index (χ1) is 13.3. The monoisotopic (exact) mass is 476 g/mol. The molecule has 7 nitrogen and oxygen atoms in total. The zero-order valence-corrected chi connectivity index (χ0v) is 18.9. The molecule has 3 aliphatic rings. The second-order valence-corrected chi connectivity index (χ2v) is 10.6. The van der Waals surface area contributed by atoms with E-state index >= 15 is 0 Å². The molecule has 28 heavy (non-hydrogen) atoms. The summed E-state index contributed by atoms with van der Waals surface area (Å²) in [4.78, 5) is 40.8. The van der Waals surface area contributed by atoms with E-state index in [4.69, 9.17) is 4.74 Å².